The molecule has 0 amide bonds. The lowest BCUT2D eigenvalue weighted by molar-refractivity contribution is 0.110. The molecular weight excluding hydrogens is 206 g/mol. The number of phenolic OH excluding ortho intramolecular Hbond substituents is 1. The fourth-order valence-electron chi connectivity index (χ4n) is 2.31. The minimum absolute atomic E-state index is 0.0931. The molecule has 2 heterocycles. The smallest absolute Gasteiger partial charge is 0.185 e. The number of hydrogen-bond acceptors (Lipinski definition) is 4. The lowest BCUT2D eigenvalue weighted by Crippen LogP contribution is -2.12. The van der Waals surface area contributed by atoms with E-state index in [1.165, 1.54) is 0 Å². The third-order valence-electron chi connectivity index (χ3n) is 3.12. The predicted molar refractivity (Wildman–Crippen MR) is 60.2 cm³/mol. The van der Waals surface area contributed by atoms with E-state index in [1.54, 1.807) is 12.1 Å². The van der Waals surface area contributed by atoms with Gasteiger partial charge in [0.1, 0.15) is 0 Å². The zero-order valence-electron chi connectivity index (χ0n) is 8.86. The first-order valence-electron chi connectivity index (χ1n) is 5.15. The monoisotopic (exact) mass is 217 g/mol. The molecule has 0 fully saturated rings. The third kappa shape index (κ3) is 1.07. The summed E-state index contributed by atoms with van der Waals surface area (Å²) in [5, 5.41) is 10.7. The standard InChI is InChI=1S/C12H11NO3/c1-13-3-2-8-9-4-7(6-14)16-12(9)11(15)5-10(8)13/h4-6,15H,2-3H2,1H3. The van der Waals surface area contributed by atoms with Crippen LogP contribution in [0, 0.1) is 0 Å². The number of carbonyl (C=O) groups excluding carboxylic acids is 1. The van der Waals surface area contributed by atoms with Gasteiger partial charge >= 0.3 is 0 Å². The van der Waals surface area contributed by atoms with Gasteiger partial charge in [0.2, 0.25) is 0 Å². The number of nitrogens with zero attached hydrogens (tertiary/aromatic N) is 1. The molecule has 0 unspecified atom stereocenters. The van der Waals surface area contributed by atoms with Crippen LogP contribution in [-0.2, 0) is 6.42 Å². The Labute approximate surface area is 92.1 Å². The van der Waals surface area contributed by atoms with Crippen molar-refractivity contribution < 1.29 is 14.3 Å². The quantitative estimate of drug-likeness (QED) is 0.742. The molecular formula is C12H11NO3. The number of carbonyl (C=O) groups is 1. The van der Waals surface area contributed by atoms with Gasteiger partial charge in [-0.1, -0.05) is 0 Å². The van der Waals surface area contributed by atoms with Crippen molar-refractivity contribution in [2.24, 2.45) is 0 Å². The van der Waals surface area contributed by atoms with E-state index in [0.29, 0.717) is 11.9 Å². The molecule has 0 saturated carbocycles. The average Bonchev–Trinajstić information content (AvgIpc) is 2.84. The van der Waals surface area contributed by atoms with E-state index in [2.05, 4.69) is 4.90 Å². The summed E-state index contributed by atoms with van der Waals surface area (Å²) in [5.41, 5.74) is 2.58. The highest BCUT2D eigenvalue weighted by molar-refractivity contribution is 5.95. The Kier molecular flexibility index (Phi) is 1.74. The molecule has 82 valence electrons. The number of rotatable bonds is 1. The Morgan fingerprint density at radius 1 is 1.50 bits per heavy atom. The van der Waals surface area contributed by atoms with Crippen molar-refractivity contribution in [1.29, 1.82) is 0 Å². The minimum Gasteiger partial charge on any atom is -0.504 e. The molecule has 4 nitrogen and oxygen atoms in total. The Morgan fingerprint density at radius 3 is 3.06 bits per heavy atom. The third-order valence-corrected chi connectivity index (χ3v) is 3.12. The van der Waals surface area contributed by atoms with Crippen LogP contribution in [-0.4, -0.2) is 25.0 Å². The van der Waals surface area contributed by atoms with Crippen molar-refractivity contribution in [2.45, 2.75) is 6.42 Å². The van der Waals surface area contributed by atoms with Crippen LogP contribution in [0.2, 0.25) is 0 Å². The van der Waals surface area contributed by atoms with Crippen LogP contribution in [0.1, 0.15) is 16.1 Å². The van der Waals surface area contributed by atoms with Crippen molar-refractivity contribution in [1.82, 2.24) is 0 Å². The van der Waals surface area contributed by atoms with Crippen molar-refractivity contribution in [3.63, 3.8) is 0 Å². The highest BCUT2D eigenvalue weighted by Crippen LogP contribution is 2.40. The second-order valence-corrected chi connectivity index (χ2v) is 4.07. The van der Waals surface area contributed by atoms with Crippen molar-refractivity contribution in [3.8, 4) is 5.75 Å². The van der Waals surface area contributed by atoms with Crippen LogP contribution in [0.4, 0.5) is 5.69 Å². The van der Waals surface area contributed by atoms with Gasteiger partial charge in [-0.2, -0.15) is 0 Å². The van der Waals surface area contributed by atoms with E-state index >= 15 is 0 Å². The number of benzene rings is 1. The number of hydrogen-bond donors (Lipinski definition) is 1. The molecule has 1 N–H and O–H groups in total. The molecule has 0 radical (unpaired) electrons. The number of likely N-dealkylation sites (N-methyl/N-ethyl adjacent to an activating group) is 1. The molecule has 1 aromatic heterocycles. The first-order valence-corrected chi connectivity index (χ1v) is 5.15. The summed E-state index contributed by atoms with van der Waals surface area (Å²) in [5.74, 6) is 0.351. The zero-order chi connectivity index (χ0) is 11.3. The summed E-state index contributed by atoms with van der Waals surface area (Å²) in [6, 6.07) is 3.39. The number of anilines is 1. The molecule has 3 rings (SSSR count). The average molecular weight is 217 g/mol. The molecule has 0 bridgehead atoms. The first kappa shape index (κ1) is 9.27. The van der Waals surface area contributed by atoms with Gasteiger partial charge in [-0.05, 0) is 18.1 Å². The van der Waals surface area contributed by atoms with Gasteiger partial charge < -0.3 is 14.4 Å². The van der Waals surface area contributed by atoms with Gasteiger partial charge in [0, 0.05) is 30.7 Å². The van der Waals surface area contributed by atoms with Crippen LogP contribution >= 0.6 is 0 Å². The second kappa shape index (κ2) is 3.01. The molecule has 1 aromatic carbocycles. The minimum atomic E-state index is 0.0931. The topological polar surface area (TPSA) is 53.7 Å². The molecule has 16 heavy (non-hydrogen) atoms. The molecule has 0 aliphatic carbocycles. The lowest BCUT2D eigenvalue weighted by Gasteiger charge is -2.11. The number of fused-ring (bicyclic) bond motifs is 3. The zero-order valence-corrected chi connectivity index (χ0v) is 8.86. The van der Waals surface area contributed by atoms with Crippen LogP contribution < -0.4 is 4.90 Å². The molecule has 0 saturated heterocycles. The maximum Gasteiger partial charge on any atom is 0.185 e. The van der Waals surface area contributed by atoms with Crippen LogP contribution in [0.5, 0.6) is 5.75 Å². The van der Waals surface area contributed by atoms with E-state index < -0.39 is 0 Å². The van der Waals surface area contributed by atoms with Gasteiger partial charge in [-0.15, -0.1) is 0 Å². The van der Waals surface area contributed by atoms with E-state index in [0.717, 1.165) is 29.6 Å². The molecule has 1 aliphatic heterocycles. The lowest BCUT2D eigenvalue weighted by atomic mass is 10.1. The predicted octanol–water partition coefficient (Wildman–Crippen LogP) is 1.94. The summed E-state index contributed by atoms with van der Waals surface area (Å²) < 4.78 is 5.27. The normalized spacial score (nSPS) is 14.4. The summed E-state index contributed by atoms with van der Waals surface area (Å²) in [6.07, 6.45) is 1.57. The van der Waals surface area contributed by atoms with Crippen molar-refractivity contribution in [3.05, 3.63) is 23.5 Å². The largest absolute Gasteiger partial charge is 0.504 e. The molecule has 0 spiro atoms. The summed E-state index contributed by atoms with van der Waals surface area (Å²) in [6.45, 7) is 0.926. The van der Waals surface area contributed by atoms with Gasteiger partial charge in [0.05, 0.1) is 0 Å². The van der Waals surface area contributed by atoms with Crippen LogP contribution in [0.3, 0.4) is 0 Å². The van der Waals surface area contributed by atoms with Crippen molar-refractivity contribution >= 4 is 22.9 Å². The molecule has 0 atom stereocenters. The SMILES string of the molecule is CN1CCc2c1cc(O)c1oc(C=O)cc21. The van der Waals surface area contributed by atoms with Gasteiger partial charge in [0.25, 0.3) is 0 Å². The highest BCUT2D eigenvalue weighted by atomic mass is 16.4. The van der Waals surface area contributed by atoms with Crippen molar-refractivity contribution in [2.75, 3.05) is 18.5 Å². The summed E-state index contributed by atoms with van der Waals surface area (Å²) >= 11 is 0. The Morgan fingerprint density at radius 2 is 2.31 bits per heavy atom. The Balaban J connectivity index is 2.39. The maximum absolute atomic E-state index is 10.7. The fourth-order valence-corrected chi connectivity index (χ4v) is 2.31. The van der Waals surface area contributed by atoms with Gasteiger partial charge in [0.15, 0.2) is 23.4 Å². The number of furan rings is 1. The maximum atomic E-state index is 10.7. The van der Waals surface area contributed by atoms with Crippen LogP contribution in [0.25, 0.3) is 11.0 Å². The van der Waals surface area contributed by atoms with Gasteiger partial charge in [-0.25, -0.2) is 0 Å². The van der Waals surface area contributed by atoms with Gasteiger partial charge in [-0.3, -0.25) is 4.79 Å². The van der Waals surface area contributed by atoms with E-state index in [4.69, 9.17) is 4.42 Å². The summed E-state index contributed by atoms with van der Waals surface area (Å²) in [7, 11) is 1.98. The highest BCUT2D eigenvalue weighted by Gasteiger charge is 2.22. The molecule has 4 heteroatoms. The molecule has 1 aliphatic rings. The number of aldehydes is 1. The second-order valence-electron chi connectivity index (χ2n) is 4.07. The first-order chi connectivity index (χ1) is 7.70. The number of aromatic hydroxyl groups is 1. The van der Waals surface area contributed by atoms with Crippen LogP contribution in [0.15, 0.2) is 16.5 Å². The van der Waals surface area contributed by atoms with E-state index in [-0.39, 0.29) is 11.5 Å². The van der Waals surface area contributed by atoms with E-state index in [9.17, 15) is 9.90 Å². The molecule has 2 aromatic rings. The Bertz CT molecular complexity index is 585. The summed E-state index contributed by atoms with van der Waals surface area (Å²) in [4.78, 5) is 12.8. The Hall–Kier alpha value is -1.97. The van der Waals surface area contributed by atoms with E-state index in [1.807, 2.05) is 7.05 Å². The fraction of sp³-hybridized carbons (Fsp3) is 0.250. The number of phenols is 1.